The molecule has 0 bridgehead atoms. The van der Waals surface area contributed by atoms with E-state index in [0.29, 0.717) is 22.8 Å². The number of aromatic nitrogens is 2. The van der Waals surface area contributed by atoms with E-state index in [2.05, 4.69) is 15.7 Å². The average Bonchev–Trinajstić information content (AvgIpc) is 3.13. The minimum absolute atomic E-state index is 0.131. The lowest BCUT2D eigenvalue weighted by Crippen LogP contribution is -2.19. The molecular weight excluding hydrogens is 370 g/mol. The smallest absolute Gasteiger partial charge is 0.276 e. The van der Waals surface area contributed by atoms with Crippen molar-refractivity contribution in [3.63, 3.8) is 0 Å². The molecule has 0 aliphatic carbocycles. The van der Waals surface area contributed by atoms with Gasteiger partial charge in [0.1, 0.15) is 5.82 Å². The highest BCUT2D eigenvalue weighted by molar-refractivity contribution is 6.04. The number of nitrogens with zero attached hydrogens (tertiary/aromatic N) is 2. The van der Waals surface area contributed by atoms with Gasteiger partial charge in [-0.05, 0) is 36.4 Å². The van der Waals surface area contributed by atoms with E-state index in [1.54, 1.807) is 26.0 Å². The van der Waals surface area contributed by atoms with Crippen LogP contribution < -0.4 is 16.4 Å². The predicted molar refractivity (Wildman–Crippen MR) is 110 cm³/mol. The Morgan fingerprint density at radius 1 is 0.966 bits per heavy atom. The fourth-order valence-electron chi connectivity index (χ4n) is 2.53. The van der Waals surface area contributed by atoms with Gasteiger partial charge in [-0.25, -0.2) is 4.68 Å². The molecule has 3 rings (SSSR count). The molecule has 1 aromatic heterocycles. The molecule has 3 aromatic rings. The van der Waals surface area contributed by atoms with Crippen LogP contribution in [0.5, 0.6) is 0 Å². The van der Waals surface area contributed by atoms with Crippen molar-refractivity contribution < 1.29 is 14.4 Å². The van der Waals surface area contributed by atoms with E-state index in [1.807, 2.05) is 30.3 Å². The molecule has 4 N–H and O–H groups in total. The maximum atomic E-state index is 12.7. The number of amides is 3. The van der Waals surface area contributed by atoms with Crippen molar-refractivity contribution in [2.24, 2.45) is 11.7 Å². The third-order valence-electron chi connectivity index (χ3n) is 4.15. The number of nitrogens with one attached hydrogen (secondary N) is 2. The summed E-state index contributed by atoms with van der Waals surface area (Å²) in [5.41, 5.74) is 6.89. The fraction of sp³-hybridized carbons (Fsp3) is 0.143. The van der Waals surface area contributed by atoms with Crippen LogP contribution in [0.3, 0.4) is 0 Å². The highest BCUT2D eigenvalue weighted by Gasteiger charge is 2.18. The first-order valence-electron chi connectivity index (χ1n) is 9.02. The highest BCUT2D eigenvalue weighted by Crippen LogP contribution is 2.19. The average molecular weight is 391 g/mol. The number of carbonyl (C=O) groups is 3. The van der Waals surface area contributed by atoms with Crippen LogP contribution in [0, 0.1) is 5.92 Å². The molecule has 8 heteroatoms. The van der Waals surface area contributed by atoms with E-state index in [0.717, 1.165) is 0 Å². The van der Waals surface area contributed by atoms with Gasteiger partial charge in [-0.15, -0.1) is 0 Å². The monoisotopic (exact) mass is 391 g/mol. The number of benzene rings is 2. The summed E-state index contributed by atoms with van der Waals surface area (Å²) in [7, 11) is 0. The molecule has 29 heavy (non-hydrogen) atoms. The van der Waals surface area contributed by atoms with E-state index >= 15 is 0 Å². The Kier molecular flexibility index (Phi) is 5.73. The highest BCUT2D eigenvalue weighted by atomic mass is 16.2. The van der Waals surface area contributed by atoms with Crippen molar-refractivity contribution in [2.75, 3.05) is 10.6 Å². The third kappa shape index (κ3) is 4.67. The third-order valence-corrected chi connectivity index (χ3v) is 4.15. The van der Waals surface area contributed by atoms with Gasteiger partial charge in [-0.2, -0.15) is 5.10 Å². The molecule has 0 aliphatic heterocycles. The van der Waals surface area contributed by atoms with Crippen LogP contribution in [0.1, 0.15) is 34.7 Å². The molecular formula is C21H21N5O3. The Morgan fingerprint density at radius 3 is 2.21 bits per heavy atom. The van der Waals surface area contributed by atoms with Gasteiger partial charge in [-0.3, -0.25) is 14.4 Å². The molecule has 148 valence electrons. The first-order valence-corrected chi connectivity index (χ1v) is 9.02. The summed E-state index contributed by atoms with van der Waals surface area (Å²) >= 11 is 0. The molecule has 0 saturated carbocycles. The summed E-state index contributed by atoms with van der Waals surface area (Å²) in [5, 5.41) is 9.86. The van der Waals surface area contributed by atoms with E-state index in [1.165, 1.54) is 22.9 Å². The summed E-state index contributed by atoms with van der Waals surface area (Å²) in [6, 6.07) is 16.9. The first kappa shape index (κ1) is 19.8. The van der Waals surface area contributed by atoms with Gasteiger partial charge in [0, 0.05) is 23.2 Å². The van der Waals surface area contributed by atoms with Crippen LogP contribution in [0.25, 0.3) is 5.69 Å². The van der Waals surface area contributed by atoms with Gasteiger partial charge in [-0.1, -0.05) is 32.0 Å². The minimum Gasteiger partial charge on any atom is -0.366 e. The summed E-state index contributed by atoms with van der Waals surface area (Å²) in [5.74, 6) is -1.02. The van der Waals surface area contributed by atoms with Crippen molar-refractivity contribution >= 4 is 29.2 Å². The van der Waals surface area contributed by atoms with Crippen LogP contribution in [-0.2, 0) is 4.79 Å². The van der Waals surface area contributed by atoms with Gasteiger partial charge >= 0.3 is 0 Å². The zero-order valence-corrected chi connectivity index (χ0v) is 16.0. The molecule has 0 saturated heterocycles. The normalized spacial score (nSPS) is 10.6. The zero-order valence-electron chi connectivity index (χ0n) is 16.0. The molecule has 0 atom stereocenters. The number of primary amides is 1. The Morgan fingerprint density at radius 2 is 1.62 bits per heavy atom. The van der Waals surface area contributed by atoms with Gasteiger partial charge in [0.05, 0.1) is 5.69 Å². The van der Waals surface area contributed by atoms with Gasteiger partial charge < -0.3 is 16.4 Å². The summed E-state index contributed by atoms with van der Waals surface area (Å²) in [4.78, 5) is 36.0. The Hall–Kier alpha value is -3.94. The Bertz CT molecular complexity index is 1040. The summed E-state index contributed by atoms with van der Waals surface area (Å²) in [6.45, 7) is 3.56. The predicted octanol–water partition coefficient (Wildman–Crippen LogP) is 2.82. The molecule has 8 nitrogen and oxygen atoms in total. The number of anilines is 2. The summed E-state index contributed by atoms with van der Waals surface area (Å²) in [6.07, 6.45) is 0. The number of rotatable bonds is 6. The van der Waals surface area contributed by atoms with Crippen molar-refractivity contribution in [3.8, 4) is 5.69 Å². The number of hydrogen-bond donors (Lipinski definition) is 3. The minimum atomic E-state index is -0.546. The largest absolute Gasteiger partial charge is 0.366 e. The molecule has 0 unspecified atom stereocenters. The van der Waals surface area contributed by atoms with Crippen LogP contribution in [0.15, 0.2) is 60.7 Å². The molecule has 0 spiro atoms. The molecule has 2 aromatic carbocycles. The van der Waals surface area contributed by atoms with Crippen molar-refractivity contribution in [3.05, 3.63) is 71.9 Å². The first-order chi connectivity index (χ1) is 13.8. The second kappa shape index (κ2) is 8.39. The van der Waals surface area contributed by atoms with Gasteiger partial charge in [0.15, 0.2) is 5.69 Å². The van der Waals surface area contributed by atoms with E-state index in [4.69, 9.17) is 5.73 Å². The Labute approximate surface area is 167 Å². The maximum absolute atomic E-state index is 12.7. The zero-order chi connectivity index (χ0) is 21.0. The Balaban J connectivity index is 1.88. The topological polar surface area (TPSA) is 119 Å². The maximum Gasteiger partial charge on any atom is 0.276 e. The second-order valence-electron chi connectivity index (χ2n) is 6.70. The molecule has 0 radical (unpaired) electrons. The molecule has 0 aliphatic rings. The van der Waals surface area contributed by atoms with Crippen molar-refractivity contribution in [1.82, 2.24) is 9.78 Å². The number of hydrogen-bond acceptors (Lipinski definition) is 4. The number of para-hydroxylation sites is 1. The molecule has 1 heterocycles. The van der Waals surface area contributed by atoms with Crippen LogP contribution >= 0.6 is 0 Å². The summed E-state index contributed by atoms with van der Waals surface area (Å²) < 4.78 is 1.51. The molecule has 0 fully saturated rings. The van der Waals surface area contributed by atoms with E-state index in [9.17, 15) is 14.4 Å². The van der Waals surface area contributed by atoms with Crippen LogP contribution in [0.2, 0.25) is 0 Å². The quantitative estimate of drug-likeness (QED) is 0.598. The van der Waals surface area contributed by atoms with Gasteiger partial charge in [0.25, 0.3) is 5.91 Å². The number of nitrogens with two attached hydrogens (primary N) is 1. The second-order valence-corrected chi connectivity index (χ2v) is 6.70. The van der Waals surface area contributed by atoms with Crippen molar-refractivity contribution in [1.29, 1.82) is 0 Å². The van der Waals surface area contributed by atoms with Crippen LogP contribution in [-0.4, -0.2) is 27.5 Å². The standard InChI is InChI=1S/C21H21N5O3/c1-13(2)20(28)24-18-12-17(25-26(18)16-6-4-3-5-7-16)21(29)23-15-10-8-14(9-11-15)19(22)27/h3-13H,1-2H3,(H2,22,27)(H,23,29)(H,24,28). The number of carbonyl (C=O) groups excluding carboxylic acids is 3. The molecule has 3 amide bonds. The lowest BCUT2D eigenvalue weighted by atomic mass is 10.2. The van der Waals surface area contributed by atoms with E-state index < -0.39 is 11.8 Å². The van der Waals surface area contributed by atoms with Crippen LogP contribution in [0.4, 0.5) is 11.5 Å². The van der Waals surface area contributed by atoms with E-state index in [-0.39, 0.29) is 17.5 Å². The lowest BCUT2D eigenvalue weighted by Gasteiger charge is -2.10. The lowest BCUT2D eigenvalue weighted by molar-refractivity contribution is -0.118. The fourth-order valence-corrected chi connectivity index (χ4v) is 2.53. The SMILES string of the molecule is CC(C)C(=O)Nc1cc(C(=O)Nc2ccc(C(N)=O)cc2)nn1-c1ccccc1. The van der Waals surface area contributed by atoms with Gasteiger partial charge in [0.2, 0.25) is 11.8 Å². The van der Waals surface area contributed by atoms with Crippen molar-refractivity contribution in [2.45, 2.75) is 13.8 Å².